The third-order valence-corrected chi connectivity index (χ3v) is 3.58. The second kappa shape index (κ2) is 4.45. The van der Waals surface area contributed by atoms with Crippen molar-refractivity contribution >= 4 is 18.0 Å². The van der Waals surface area contributed by atoms with Crippen LogP contribution in [-0.4, -0.2) is 61.7 Å². The molecule has 3 heterocycles. The van der Waals surface area contributed by atoms with Crippen LogP contribution in [0.5, 0.6) is 0 Å². The number of fused-ring (bicyclic) bond motifs is 4. The molecule has 2 bridgehead atoms. The average molecular weight is 296 g/mol. The highest BCUT2D eigenvalue weighted by Gasteiger charge is 2.52. The Morgan fingerprint density at radius 3 is 2.86 bits per heavy atom. The molecule has 2 N–H and O–H groups in total. The first-order chi connectivity index (χ1) is 9.93. The third kappa shape index (κ3) is 1.83. The third-order valence-electron chi connectivity index (χ3n) is 3.58. The molecule has 10 nitrogen and oxygen atoms in total. The van der Waals surface area contributed by atoms with Crippen LogP contribution in [0, 0.1) is 0 Å². The van der Waals surface area contributed by atoms with Crippen LogP contribution in [-0.2, 0) is 20.9 Å². The van der Waals surface area contributed by atoms with Crippen molar-refractivity contribution in [3.05, 3.63) is 17.5 Å². The molecule has 10 heteroatoms. The lowest BCUT2D eigenvalue weighted by Crippen LogP contribution is -2.39. The number of hydrogen-bond donors (Lipinski definition) is 2. The molecule has 2 amide bonds. The molecule has 1 saturated heterocycles. The van der Waals surface area contributed by atoms with Gasteiger partial charge in [-0.15, -0.1) is 0 Å². The summed E-state index contributed by atoms with van der Waals surface area (Å²) in [5.74, 6) is -1.79. The minimum absolute atomic E-state index is 0.112. The number of carboxylic acids is 1. The van der Waals surface area contributed by atoms with Gasteiger partial charge in [0.15, 0.2) is 6.04 Å². The number of hydroxylamine groups is 2. The van der Waals surface area contributed by atoms with Gasteiger partial charge in [0.2, 0.25) is 0 Å². The Bertz CT molecular complexity index is 641. The summed E-state index contributed by atoms with van der Waals surface area (Å²) >= 11 is 0. The van der Waals surface area contributed by atoms with Crippen molar-refractivity contribution in [1.29, 1.82) is 0 Å². The molecule has 3 rings (SSSR count). The van der Waals surface area contributed by atoms with Gasteiger partial charge in [-0.25, -0.2) is 9.59 Å². The number of esters is 1. The number of urea groups is 1. The van der Waals surface area contributed by atoms with Crippen molar-refractivity contribution in [2.45, 2.75) is 18.6 Å². The van der Waals surface area contributed by atoms with Crippen molar-refractivity contribution in [2.24, 2.45) is 0 Å². The van der Waals surface area contributed by atoms with E-state index in [-0.39, 0.29) is 18.8 Å². The van der Waals surface area contributed by atoms with E-state index < -0.39 is 30.1 Å². The van der Waals surface area contributed by atoms with Crippen LogP contribution >= 0.6 is 0 Å². The van der Waals surface area contributed by atoms with E-state index in [1.165, 1.54) is 13.3 Å². The van der Waals surface area contributed by atoms with Crippen molar-refractivity contribution < 1.29 is 29.4 Å². The number of hydrogen-bond acceptors (Lipinski definition) is 6. The number of carboxylic acid groups (broad SMARTS) is 1. The molecular formula is C11H12N4O6. The fourth-order valence-corrected chi connectivity index (χ4v) is 2.69. The number of carbonyl (C=O) groups is 3. The zero-order valence-electron chi connectivity index (χ0n) is 11.0. The van der Waals surface area contributed by atoms with Crippen molar-refractivity contribution in [1.82, 2.24) is 19.7 Å². The van der Waals surface area contributed by atoms with E-state index in [9.17, 15) is 19.6 Å². The van der Waals surface area contributed by atoms with Crippen molar-refractivity contribution in [3.63, 3.8) is 0 Å². The summed E-state index contributed by atoms with van der Waals surface area (Å²) < 4.78 is 5.83. The standard InChI is InChI=1S/C11H12N4O6/c1-21-10(18)9-8-5(2-13(12-8)4-7(16)17)6-3-14(9)11(19)15(6)20/h2,6,9,20H,3-4H2,1H3,(H,16,17)/t6-,9-/m0/s1. The number of rotatable bonds is 3. The molecule has 2 aliphatic rings. The molecule has 21 heavy (non-hydrogen) atoms. The Hall–Kier alpha value is -2.62. The minimum atomic E-state index is -1.09. The highest BCUT2D eigenvalue weighted by molar-refractivity contribution is 5.87. The van der Waals surface area contributed by atoms with Crippen LogP contribution in [0.4, 0.5) is 4.79 Å². The van der Waals surface area contributed by atoms with Gasteiger partial charge in [-0.05, 0) is 0 Å². The van der Waals surface area contributed by atoms with Crippen LogP contribution in [0.3, 0.4) is 0 Å². The summed E-state index contributed by atoms with van der Waals surface area (Å²) in [5, 5.41) is 23.2. The molecule has 112 valence electrons. The number of amides is 2. The highest BCUT2D eigenvalue weighted by atomic mass is 16.5. The summed E-state index contributed by atoms with van der Waals surface area (Å²) in [4.78, 5) is 35.7. The molecule has 2 aliphatic heterocycles. The summed E-state index contributed by atoms with van der Waals surface area (Å²) in [7, 11) is 1.18. The molecule has 0 spiro atoms. The molecule has 0 aliphatic carbocycles. The van der Waals surface area contributed by atoms with E-state index in [1.807, 2.05) is 0 Å². The Morgan fingerprint density at radius 1 is 1.52 bits per heavy atom. The lowest BCUT2D eigenvalue weighted by atomic mass is 9.98. The predicted molar refractivity (Wildman–Crippen MR) is 63.1 cm³/mol. The normalized spacial score (nSPS) is 23.2. The van der Waals surface area contributed by atoms with E-state index in [0.717, 1.165) is 9.58 Å². The van der Waals surface area contributed by atoms with E-state index >= 15 is 0 Å². The van der Waals surface area contributed by atoms with Crippen molar-refractivity contribution in [2.75, 3.05) is 13.7 Å². The second-order valence-corrected chi connectivity index (χ2v) is 4.78. The molecule has 2 atom stereocenters. The van der Waals surface area contributed by atoms with Gasteiger partial charge in [0.1, 0.15) is 18.3 Å². The topological polar surface area (TPSA) is 125 Å². The smallest absolute Gasteiger partial charge is 0.345 e. The van der Waals surface area contributed by atoms with Crippen LogP contribution in [0.1, 0.15) is 23.3 Å². The van der Waals surface area contributed by atoms with E-state index in [2.05, 4.69) is 9.84 Å². The fraction of sp³-hybridized carbons (Fsp3) is 0.455. The minimum Gasteiger partial charge on any atom is -0.480 e. The maximum atomic E-state index is 11.9. The molecule has 1 aromatic rings. The number of aromatic nitrogens is 2. The molecule has 0 radical (unpaired) electrons. The van der Waals surface area contributed by atoms with E-state index in [0.29, 0.717) is 10.6 Å². The molecule has 0 unspecified atom stereocenters. The van der Waals surface area contributed by atoms with Gasteiger partial charge >= 0.3 is 18.0 Å². The van der Waals surface area contributed by atoms with Gasteiger partial charge in [-0.2, -0.15) is 10.2 Å². The molecular weight excluding hydrogens is 284 g/mol. The lowest BCUT2D eigenvalue weighted by molar-refractivity contribution is -0.146. The first kappa shape index (κ1) is 13.4. The molecule has 0 saturated carbocycles. The maximum Gasteiger partial charge on any atom is 0.345 e. The first-order valence-electron chi connectivity index (χ1n) is 6.09. The van der Waals surface area contributed by atoms with Gasteiger partial charge in [0.25, 0.3) is 0 Å². The Labute approximate surface area is 118 Å². The molecule has 1 fully saturated rings. The zero-order valence-corrected chi connectivity index (χ0v) is 11.0. The Morgan fingerprint density at radius 2 is 2.24 bits per heavy atom. The van der Waals surface area contributed by atoms with Crippen LogP contribution in [0.15, 0.2) is 6.20 Å². The number of carbonyl (C=O) groups excluding carboxylic acids is 2. The number of aliphatic carboxylic acids is 1. The largest absolute Gasteiger partial charge is 0.480 e. The average Bonchev–Trinajstić information content (AvgIpc) is 2.94. The highest BCUT2D eigenvalue weighted by Crippen LogP contribution is 2.42. The number of ether oxygens (including phenoxy) is 1. The summed E-state index contributed by atoms with van der Waals surface area (Å²) in [6.45, 7) is -0.270. The summed E-state index contributed by atoms with van der Waals surface area (Å²) in [6.07, 6.45) is 1.42. The fourth-order valence-electron chi connectivity index (χ4n) is 2.69. The van der Waals surface area contributed by atoms with Gasteiger partial charge in [0, 0.05) is 11.8 Å². The van der Waals surface area contributed by atoms with Crippen LogP contribution in [0.2, 0.25) is 0 Å². The number of nitrogens with zero attached hydrogens (tertiary/aromatic N) is 4. The van der Waals surface area contributed by atoms with Gasteiger partial charge in [-0.3, -0.25) is 14.7 Å². The van der Waals surface area contributed by atoms with Crippen LogP contribution < -0.4 is 0 Å². The van der Waals surface area contributed by atoms with Gasteiger partial charge < -0.3 is 14.7 Å². The second-order valence-electron chi connectivity index (χ2n) is 4.78. The summed E-state index contributed by atoms with van der Waals surface area (Å²) in [5.41, 5.74) is 0.667. The lowest BCUT2D eigenvalue weighted by Gasteiger charge is -2.27. The number of methoxy groups -OCH3 is 1. The molecule has 0 aromatic carbocycles. The van der Waals surface area contributed by atoms with E-state index in [4.69, 9.17) is 5.11 Å². The van der Waals surface area contributed by atoms with Gasteiger partial charge in [-0.1, -0.05) is 0 Å². The van der Waals surface area contributed by atoms with Gasteiger partial charge in [0.05, 0.1) is 13.7 Å². The first-order valence-corrected chi connectivity index (χ1v) is 6.09. The predicted octanol–water partition coefficient (Wildman–Crippen LogP) is -0.637. The van der Waals surface area contributed by atoms with E-state index in [1.54, 1.807) is 0 Å². The summed E-state index contributed by atoms with van der Waals surface area (Å²) in [6, 6.07) is -2.46. The SMILES string of the molecule is COC(=O)[C@@H]1c2nn(CC(=O)O)cc2[C@@H]2CN1C(=O)N2O. The monoisotopic (exact) mass is 296 g/mol. The van der Waals surface area contributed by atoms with Crippen LogP contribution in [0.25, 0.3) is 0 Å². The van der Waals surface area contributed by atoms with Crippen molar-refractivity contribution in [3.8, 4) is 0 Å². The maximum absolute atomic E-state index is 11.9. The Balaban J connectivity index is 2.08. The molecule has 1 aromatic heterocycles. The quantitative estimate of drug-likeness (QED) is 0.561. The Kier molecular flexibility index (Phi) is 2.83. The zero-order chi connectivity index (χ0) is 15.3.